The number of nitrogens with one attached hydrogen (secondary N) is 1. The van der Waals surface area contributed by atoms with E-state index in [1.165, 1.54) is 17.5 Å². The predicted molar refractivity (Wildman–Crippen MR) is 106 cm³/mol. The first kappa shape index (κ1) is 19.2. The number of aryl methyl sites for hydroxylation is 4. The van der Waals surface area contributed by atoms with Gasteiger partial charge < -0.3 is 9.42 Å². The number of piperidine rings is 1. The van der Waals surface area contributed by atoms with Crippen molar-refractivity contribution >= 4 is 5.91 Å². The Bertz CT molecular complexity index is 816. The third-order valence-corrected chi connectivity index (χ3v) is 6.54. The molecule has 152 valence electrons. The van der Waals surface area contributed by atoms with Crippen LogP contribution in [-0.2, 0) is 17.8 Å². The summed E-state index contributed by atoms with van der Waals surface area (Å²) in [6.45, 7) is 11.8. The number of carbonyl (C=O) groups is 1. The van der Waals surface area contributed by atoms with Crippen LogP contribution in [0.1, 0.15) is 53.2 Å². The first-order chi connectivity index (χ1) is 13.4. The Morgan fingerprint density at radius 2 is 1.93 bits per heavy atom. The van der Waals surface area contributed by atoms with Crippen molar-refractivity contribution in [3.63, 3.8) is 0 Å². The minimum absolute atomic E-state index is 0.286. The number of hydrogen-bond donors (Lipinski definition) is 1. The minimum Gasteiger partial charge on any atom is -0.361 e. The quantitative estimate of drug-likeness (QED) is 0.856. The Morgan fingerprint density at radius 3 is 2.61 bits per heavy atom. The molecule has 5 heterocycles. The fourth-order valence-electron chi connectivity index (χ4n) is 4.88. The van der Waals surface area contributed by atoms with E-state index < -0.39 is 0 Å². The van der Waals surface area contributed by atoms with Gasteiger partial charge in [-0.1, -0.05) is 5.16 Å². The summed E-state index contributed by atoms with van der Waals surface area (Å²) in [6, 6.07) is 0.318. The monoisotopic (exact) mass is 385 g/mol. The SMILES string of the molecule is Cc1n[nH]c(C)c1CCC(=O)N1C[C@H]2CC[C@@H]1CN(Cc1c(C)noc1C)C2. The molecule has 1 amide bonds. The largest absolute Gasteiger partial charge is 0.361 e. The molecule has 7 nitrogen and oxygen atoms in total. The lowest BCUT2D eigenvalue weighted by Gasteiger charge is -2.36. The number of nitrogens with zero attached hydrogens (tertiary/aromatic N) is 4. The molecule has 2 aromatic rings. The maximum absolute atomic E-state index is 13.0. The molecule has 0 aliphatic carbocycles. The maximum Gasteiger partial charge on any atom is 0.223 e. The number of aromatic amines is 1. The van der Waals surface area contributed by atoms with Crippen molar-refractivity contribution in [2.24, 2.45) is 5.92 Å². The lowest BCUT2D eigenvalue weighted by atomic mass is 9.94. The molecule has 7 heteroatoms. The third-order valence-electron chi connectivity index (χ3n) is 6.54. The number of carbonyl (C=O) groups excluding carboxylic acids is 1. The van der Waals surface area contributed by atoms with Crippen molar-refractivity contribution in [1.29, 1.82) is 0 Å². The molecule has 3 aliphatic heterocycles. The Kier molecular flexibility index (Phi) is 5.27. The van der Waals surface area contributed by atoms with Gasteiger partial charge in [0.25, 0.3) is 0 Å². The van der Waals surface area contributed by atoms with Crippen LogP contribution in [0.15, 0.2) is 4.52 Å². The fourth-order valence-corrected chi connectivity index (χ4v) is 4.88. The highest BCUT2D eigenvalue weighted by Crippen LogP contribution is 2.30. The van der Waals surface area contributed by atoms with Crippen molar-refractivity contribution in [3.05, 3.63) is 34.0 Å². The van der Waals surface area contributed by atoms with Gasteiger partial charge in [0.1, 0.15) is 5.76 Å². The topological polar surface area (TPSA) is 78.3 Å². The van der Waals surface area contributed by atoms with E-state index in [2.05, 4.69) is 25.2 Å². The van der Waals surface area contributed by atoms with Crippen molar-refractivity contribution in [1.82, 2.24) is 25.2 Å². The lowest BCUT2D eigenvalue weighted by Crippen LogP contribution is -2.47. The molecule has 2 bridgehead atoms. The van der Waals surface area contributed by atoms with Gasteiger partial charge in [-0.2, -0.15) is 5.10 Å². The Labute approximate surface area is 166 Å². The van der Waals surface area contributed by atoms with Crippen LogP contribution in [0.25, 0.3) is 0 Å². The first-order valence-electron chi connectivity index (χ1n) is 10.4. The molecular formula is C21H31N5O2. The summed E-state index contributed by atoms with van der Waals surface area (Å²) in [4.78, 5) is 17.7. The molecule has 0 radical (unpaired) electrons. The maximum atomic E-state index is 13.0. The molecule has 28 heavy (non-hydrogen) atoms. The number of H-pyrrole nitrogens is 1. The van der Waals surface area contributed by atoms with E-state index in [0.29, 0.717) is 18.4 Å². The molecule has 0 unspecified atom stereocenters. The summed E-state index contributed by atoms with van der Waals surface area (Å²) in [5.74, 6) is 1.75. The number of rotatable bonds is 5. The van der Waals surface area contributed by atoms with E-state index in [1.807, 2.05) is 27.7 Å². The highest BCUT2D eigenvalue weighted by molar-refractivity contribution is 5.77. The first-order valence-corrected chi connectivity index (χ1v) is 10.4. The van der Waals surface area contributed by atoms with Gasteiger partial charge in [0, 0.05) is 49.9 Å². The minimum atomic E-state index is 0.286. The van der Waals surface area contributed by atoms with E-state index in [4.69, 9.17) is 4.52 Å². The molecule has 3 aliphatic rings. The molecule has 0 aromatic carbocycles. The number of fused-ring (bicyclic) bond motifs is 4. The van der Waals surface area contributed by atoms with E-state index in [0.717, 1.165) is 61.9 Å². The molecule has 2 atom stereocenters. The average Bonchev–Trinajstić information content (AvgIpc) is 3.01. The van der Waals surface area contributed by atoms with Crippen molar-refractivity contribution in [3.8, 4) is 0 Å². The van der Waals surface area contributed by atoms with Crippen LogP contribution < -0.4 is 0 Å². The van der Waals surface area contributed by atoms with E-state index >= 15 is 0 Å². The average molecular weight is 386 g/mol. The van der Waals surface area contributed by atoms with Crippen LogP contribution >= 0.6 is 0 Å². The molecule has 3 saturated heterocycles. The second-order valence-electron chi connectivity index (χ2n) is 8.55. The highest BCUT2D eigenvalue weighted by atomic mass is 16.5. The molecule has 0 saturated carbocycles. The lowest BCUT2D eigenvalue weighted by molar-refractivity contribution is -0.135. The molecule has 5 rings (SSSR count). The molecular weight excluding hydrogens is 354 g/mol. The van der Waals surface area contributed by atoms with E-state index in [-0.39, 0.29) is 5.91 Å². The zero-order valence-electron chi connectivity index (χ0n) is 17.4. The molecule has 3 fully saturated rings. The summed E-state index contributed by atoms with van der Waals surface area (Å²) >= 11 is 0. The van der Waals surface area contributed by atoms with Gasteiger partial charge in [0.15, 0.2) is 0 Å². The second-order valence-corrected chi connectivity index (χ2v) is 8.55. The van der Waals surface area contributed by atoms with Gasteiger partial charge in [-0.3, -0.25) is 14.8 Å². The highest BCUT2D eigenvalue weighted by Gasteiger charge is 2.37. The zero-order valence-corrected chi connectivity index (χ0v) is 17.4. The summed E-state index contributed by atoms with van der Waals surface area (Å²) in [5.41, 5.74) is 5.45. The van der Waals surface area contributed by atoms with Crippen LogP contribution in [0.3, 0.4) is 0 Å². The number of hydrogen-bond acceptors (Lipinski definition) is 5. The normalized spacial score (nSPS) is 22.6. The smallest absolute Gasteiger partial charge is 0.223 e. The van der Waals surface area contributed by atoms with E-state index in [9.17, 15) is 4.79 Å². The standard InChI is InChI=1S/C21H31N5O2/c1-13-19(14(2)23-22-13)7-8-21(27)26-10-17-5-6-18(26)11-25(9-17)12-20-15(3)24-28-16(20)4/h17-18H,5-12H2,1-4H3,(H,22,23)/t17-,18+/m0/s1. The number of aromatic nitrogens is 3. The van der Waals surface area contributed by atoms with Crippen LogP contribution in [0.2, 0.25) is 0 Å². The summed E-state index contributed by atoms with van der Waals surface area (Å²) in [7, 11) is 0. The Hall–Kier alpha value is -2.15. The van der Waals surface area contributed by atoms with E-state index in [1.54, 1.807) is 0 Å². The van der Waals surface area contributed by atoms with Crippen LogP contribution in [0.5, 0.6) is 0 Å². The van der Waals surface area contributed by atoms with Crippen LogP contribution in [0, 0.1) is 33.6 Å². The van der Waals surface area contributed by atoms with Gasteiger partial charge in [0.05, 0.1) is 11.4 Å². The van der Waals surface area contributed by atoms with Gasteiger partial charge >= 0.3 is 0 Å². The van der Waals surface area contributed by atoms with Gasteiger partial charge in [0.2, 0.25) is 5.91 Å². The summed E-state index contributed by atoms with van der Waals surface area (Å²) < 4.78 is 5.33. The van der Waals surface area contributed by atoms with Crippen LogP contribution in [0.4, 0.5) is 0 Å². The van der Waals surface area contributed by atoms with Gasteiger partial charge in [-0.15, -0.1) is 0 Å². The van der Waals surface area contributed by atoms with Gasteiger partial charge in [-0.05, 0) is 58.4 Å². The summed E-state index contributed by atoms with van der Waals surface area (Å²) in [5, 5.41) is 11.4. The van der Waals surface area contributed by atoms with Crippen molar-refractivity contribution in [2.45, 2.75) is 66.0 Å². The number of amides is 1. The fraction of sp³-hybridized carbons (Fsp3) is 0.667. The van der Waals surface area contributed by atoms with Crippen molar-refractivity contribution in [2.75, 3.05) is 19.6 Å². The predicted octanol–water partition coefficient (Wildman–Crippen LogP) is 2.69. The Morgan fingerprint density at radius 1 is 1.11 bits per heavy atom. The summed E-state index contributed by atoms with van der Waals surface area (Å²) in [6.07, 6.45) is 3.66. The molecule has 0 spiro atoms. The Balaban J connectivity index is 1.41. The zero-order chi connectivity index (χ0) is 19.8. The van der Waals surface area contributed by atoms with Gasteiger partial charge in [-0.25, -0.2) is 0 Å². The van der Waals surface area contributed by atoms with Crippen LogP contribution in [-0.4, -0.2) is 56.7 Å². The molecule has 2 aromatic heterocycles. The molecule has 1 N–H and O–H groups in total. The third kappa shape index (κ3) is 3.72. The second kappa shape index (κ2) is 7.70. The van der Waals surface area contributed by atoms with Crippen molar-refractivity contribution < 1.29 is 9.32 Å².